The molecule has 10 heteroatoms. The molecule has 5 nitrogen and oxygen atoms in total. The molecule has 140 valence electrons. The third-order valence-electron chi connectivity index (χ3n) is 3.60. The first-order valence-corrected chi connectivity index (χ1v) is 9.73. The van der Waals surface area contributed by atoms with Crippen LogP contribution in [-0.4, -0.2) is 23.6 Å². The highest BCUT2D eigenvalue weighted by atomic mass is 35.5. The van der Waals surface area contributed by atoms with Gasteiger partial charge in [0.15, 0.2) is 4.80 Å². The molecule has 0 saturated heterocycles. The Bertz CT molecular complexity index is 1140. The highest BCUT2D eigenvalue weighted by Gasteiger charge is 2.17. The van der Waals surface area contributed by atoms with Gasteiger partial charge in [-0.2, -0.15) is 4.99 Å². The number of esters is 1. The Morgan fingerprint density at radius 1 is 1.11 bits per heavy atom. The lowest BCUT2D eigenvalue weighted by Gasteiger charge is -2.06. The highest BCUT2D eigenvalue weighted by molar-refractivity contribution is 7.16. The average molecular weight is 464 g/mol. The van der Waals surface area contributed by atoms with Crippen molar-refractivity contribution in [3.63, 3.8) is 0 Å². The van der Waals surface area contributed by atoms with E-state index in [1.54, 1.807) is 18.2 Å². The molecule has 0 fully saturated rings. The molecule has 3 rings (SSSR count). The SMILES string of the molecule is COC(=O)Cn1c(=NC(=O)c2cc(Cl)ccc2Cl)sc2ccc(Cl)c(Cl)c21. The summed E-state index contributed by atoms with van der Waals surface area (Å²) < 4.78 is 6.91. The molecule has 0 radical (unpaired) electrons. The minimum Gasteiger partial charge on any atom is -0.468 e. The summed E-state index contributed by atoms with van der Waals surface area (Å²) in [6.45, 7) is -0.189. The minimum absolute atomic E-state index is 0.148. The number of ether oxygens (including phenoxy) is 1. The van der Waals surface area contributed by atoms with E-state index < -0.39 is 11.9 Å². The third-order valence-corrected chi connectivity index (χ3v) is 6.01. The molecule has 0 spiro atoms. The number of carbonyl (C=O) groups is 2. The van der Waals surface area contributed by atoms with Crippen LogP contribution >= 0.6 is 57.7 Å². The standard InChI is InChI=1S/C17H10Cl4N2O3S/c1-26-13(24)7-23-15-12(5-4-11(20)14(15)21)27-17(23)22-16(25)9-6-8(18)2-3-10(9)19/h2-6H,7H2,1H3. The molecule has 0 aliphatic carbocycles. The van der Waals surface area contributed by atoms with Gasteiger partial charge >= 0.3 is 5.97 Å². The zero-order valence-corrected chi connectivity index (χ0v) is 17.5. The van der Waals surface area contributed by atoms with Crippen molar-refractivity contribution in [1.82, 2.24) is 4.57 Å². The van der Waals surface area contributed by atoms with Crippen molar-refractivity contribution in [1.29, 1.82) is 0 Å². The molecular weight excluding hydrogens is 454 g/mol. The molecule has 0 N–H and O–H groups in total. The summed E-state index contributed by atoms with van der Waals surface area (Å²) in [7, 11) is 1.26. The van der Waals surface area contributed by atoms with Gasteiger partial charge in [0.2, 0.25) is 0 Å². The molecular formula is C17H10Cl4N2O3S. The van der Waals surface area contributed by atoms with Crippen LogP contribution in [0.25, 0.3) is 10.2 Å². The molecule has 1 aromatic heterocycles. The summed E-state index contributed by atoms with van der Waals surface area (Å²) in [6.07, 6.45) is 0. The molecule has 0 atom stereocenters. The first kappa shape index (κ1) is 20.2. The maximum Gasteiger partial charge on any atom is 0.325 e. The number of nitrogens with zero attached hydrogens (tertiary/aromatic N) is 2. The molecule has 0 aliphatic heterocycles. The topological polar surface area (TPSA) is 60.7 Å². The molecule has 3 aromatic rings. The number of carbonyl (C=O) groups excluding carboxylic acids is 2. The number of amides is 1. The zero-order valence-electron chi connectivity index (χ0n) is 13.6. The van der Waals surface area contributed by atoms with E-state index in [1.807, 2.05) is 0 Å². The van der Waals surface area contributed by atoms with Crippen molar-refractivity contribution >= 4 is 79.8 Å². The first-order chi connectivity index (χ1) is 12.8. The van der Waals surface area contributed by atoms with Crippen molar-refractivity contribution in [3.8, 4) is 0 Å². The number of hydrogen-bond donors (Lipinski definition) is 0. The van der Waals surface area contributed by atoms with E-state index in [2.05, 4.69) is 4.99 Å². The van der Waals surface area contributed by atoms with Gasteiger partial charge in [-0.3, -0.25) is 9.59 Å². The molecule has 0 aliphatic rings. The summed E-state index contributed by atoms with van der Waals surface area (Å²) in [5.41, 5.74) is 0.638. The number of halogens is 4. The fraction of sp³-hybridized carbons (Fsp3) is 0.118. The summed E-state index contributed by atoms with van der Waals surface area (Å²) in [6, 6.07) is 7.87. The van der Waals surface area contributed by atoms with Crippen molar-refractivity contribution in [3.05, 3.63) is 60.8 Å². The Labute approximate surface area is 177 Å². The van der Waals surface area contributed by atoms with Gasteiger partial charge in [0.25, 0.3) is 5.91 Å². The normalized spacial score (nSPS) is 11.8. The van der Waals surface area contributed by atoms with E-state index in [-0.39, 0.29) is 27.0 Å². The maximum absolute atomic E-state index is 12.6. The number of methoxy groups -OCH3 is 1. The zero-order chi connectivity index (χ0) is 19.7. The van der Waals surface area contributed by atoms with Gasteiger partial charge in [0, 0.05) is 5.02 Å². The van der Waals surface area contributed by atoms with Crippen molar-refractivity contribution in [2.45, 2.75) is 6.54 Å². The molecule has 2 aromatic carbocycles. The molecule has 1 amide bonds. The fourth-order valence-corrected chi connectivity index (χ4v) is 4.22. The van der Waals surface area contributed by atoms with Crippen LogP contribution in [0.3, 0.4) is 0 Å². The lowest BCUT2D eigenvalue weighted by atomic mass is 10.2. The van der Waals surface area contributed by atoms with Crippen LogP contribution < -0.4 is 4.80 Å². The van der Waals surface area contributed by atoms with Gasteiger partial charge in [-0.05, 0) is 30.3 Å². The lowest BCUT2D eigenvalue weighted by Crippen LogP contribution is -2.22. The number of thiazole rings is 1. The third kappa shape index (κ3) is 4.15. The van der Waals surface area contributed by atoms with Gasteiger partial charge in [-0.15, -0.1) is 0 Å². The number of fused-ring (bicyclic) bond motifs is 1. The number of benzene rings is 2. The van der Waals surface area contributed by atoms with E-state index >= 15 is 0 Å². The second-order valence-corrected chi connectivity index (χ2v) is 7.93. The van der Waals surface area contributed by atoms with Crippen LogP contribution in [0.1, 0.15) is 10.4 Å². The van der Waals surface area contributed by atoms with Gasteiger partial charge in [0.1, 0.15) is 6.54 Å². The van der Waals surface area contributed by atoms with Crippen LogP contribution in [0.15, 0.2) is 35.3 Å². The molecule has 27 heavy (non-hydrogen) atoms. The summed E-state index contributed by atoms with van der Waals surface area (Å²) in [5, 5.41) is 1.14. The fourth-order valence-electron chi connectivity index (χ4n) is 2.34. The van der Waals surface area contributed by atoms with Crippen LogP contribution in [-0.2, 0) is 16.1 Å². The second kappa shape index (κ2) is 8.20. The predicted molar refractivity (Wildman–Crippen MR) is 108 cm³/mol. The highest BCUT2D eigenvalue weighted by Crippen LogP contribution is 2.32. The smallest absolute Gasteiger partial charge is 0.325 e. The monoisotopic (exact) mass is 462 g/mol. The second-order valence-electron chi connectivity index (χ2n) is 5.30. The number of aromatic nitrogens is 1. The summed E-state index contributed by atoms with van der Waals surface area (Å²) >= 11 is 25.6. The van der Waals surface area contributed by atoms with Crippen molar-refractivity contribution < 1.29 is 14.3 Å². The quantitative estimate of drug-likeness (QED) is 0.499. The molecule has 0 bridgehead atoms. The summed E-state index contributed by atoms with van der Waals surface area (Å²) in [4.78, 5) is 28.8. The van der Waals surface area contributed by atoms with Crippen LogP contribution in [0.2, 0.25) is 20.1 Å². The van der Waals surface area contributed by atoms with Gasteiger partial charge < -0.3 is 9.30 Å². The Morgan fingerprint density at radius 3 is 2.52 bits per heavy atom. The predicted octanol–water partition coefficient (Wildman–Crippen LogP) is 5.23. The Balaban J connectivity index is 2.23. The van der Waals surface area contributed by atoms with Crippen LogP contribution in [0.4, 0.5) is 0 Å². The number of rotatable bonds is 3. The molecule has 0 saturated carbocycles. The van der Waals surface area contributed by atoms with E-state index in [0.29, 0.717) is 20.3 Å². The Kier molecular flexibility index (Phi) is 6.13. The van der Waals surface area contributed by atoms with Gasteiger partial charge in [0.05, 0.1) is 38.0 Å². The Hall–Kier alpha value is -1.57. The van der Waals surface area contributed by atoms with E-state index in [4.69, 9.17) is 51.1 Å². The number of hydrogen-bond acceptors (Lipinski definition) is 4. The summed E-state index contributed by atoms with van der Waals surface area (Å²) in [5.74, 6) is -1.13. The average Bonchev–Trinajstić information content (AvgIpc) is 2.97. The van der Waals surface area contributed by atoms with E-state index in [0.717, 1.165) is 0 Å². The van der Waals surface area contributed by atoms with Gasteiger partial charge in [-0.25, -0.2) is 0 Å². The maximum atomic E-state index is 12.6. The first-order valence-electron chi connectivity index (χ1n) is 7.40. The van der Waals surface area contributed by atoms with E-state index in [1.165, 1.54) is 35.1 Å². The lowest BCUT2D eigenvalue weighted by molar-refractivity contribution is -0.141. The van der Waals surface area contributed by atoms with Crippen molar-refractivity contribution in [2.24, 2.45) is 4.99 Å². The van der Waals surface area contributed by atoms with Crippen LogP contribution in [0, 0.1) is 0 Å². The van der Waals surface area contributed by atoms with Crippen molar-refractivity contribution in [2.75, 3.05) is 7.11 Å². The largest absolute Gasteiger partial charge is 0.468 e. The van der Waals surface area contributed by atoms with Crippen LogP contribution in [0.5, 0.6) is 0 Å². The van der Waals surface area contributed by atoms with E-state index in [9.17, 15) is 9.59 Å². The molecule has 0 unspecified atom stereocenters. The Morgan fingerprint density at radius 2 is 1.81 bits per heavy atom. The van der Waals surface area contributed by atoms with Gasteiger partial charge in [-0.1, -0.05) is 57.7 Å². The molecule has 1 heterocycles. The minimum atomic E-state index is -0.602.